The third-order valence-electron chi connectivity index (χ3n) is 2.63. The molecule has 0 saturated heterocycles. The van der Waals surface area contributed by atoms with E-state index in [0.717, 1.165) is 5.56 Å². The number of carbonyl (C=O) groups is 2. The van der Waals surface area contributed by atoms with Crippen molar-refractivity contribution in [2.45, 2.75) is 32.6 Å². The lowest BCUT2D eigenvalue weighted by atomic mass is 9.99. The van der Waals surface area contributed by atoms with Crippen LogP contribution in [0, 0.1) is 0 Å². The molecule has 0 amide bonds. The van der Waals surface area contributed by atoms with Gasteiger partial charge in [0.05, 0.1) is 17.5 Å². The first-order valence-corrected chi connectivity index (χ1v) is 6.43. The van der Waals surface area contributed by atoms with Crippen LogP contribution in [0.1, 0.15) is 47.1 Å². The number of carbonyl (C=O) groups excluding carboxylic acids is 2. The van der Waals surface area contributed by atoms with Crippen LogP contribution in [0.2, 0.25) is 0 Å². The fourth-order valence-corrected chi connectivity index (χ4v) is 1.79. The fourth-order valence-electron chi connectivity index (χ4n) is 1.67. The third-order valence-corrected chi connectivity index (χ3v) is 2.83. The highest BCUT2D eigenvalue weighted by Gasteiger charge is 2.17. The molecular formula is C14H17ClO3. The Morgan fingerprint density at radius 2 is 2.00 bits per heavy atom. The molecule has 98 valence electrons. The Morgan fingerprint density at radius 1 is 1.33 bits per heavy atom. The molecule has 0 aromatic heterocycles. The van der Waals surface area contributed by atoms with Crippen LogP contribution >= 0.6 is 11.6 Å². The normalized spacial score (nSPS) is 12.0. The number of esters is 1. The fraction of sp³-hybridized carbons (Fsp3) is 0.429. The van der Waals surface area contributed by atoms with E-state index in [1.165, 1.54) is 0 Å². The van der Waals surface area contributed by atoms with E-state index in [1.807, 2.05) is 6.92 Å². The summed E-state index contributed by atoms with van der Waals surface area (Å²) in [5.74, 6) is -0.587. The van der Waals surface area contributed by atoms with E-state index in [-0.39, 0.29) is 5.78 Å². The zero-order chi connectivity index (χ0) is 13.7. The van der Waals surface area contributed by atoms with Crippen molar-refractivity contribution in [1.29, 1.82) is 0 Å². The van der Waals surface area contributed by atoms with Crippen LogP contribution in [-0.4, -0.2) is 23.7 Å². The van der Waals surface area contributed by atoms with Crippen LogP contribution in [0.5, 0.6) is 0 Å². The van der Waals surface area contributed by atoms with Crippen LogP contribution in [0.25, 0.3) is 0 Å². The lowest BCUT2D eigenvalue weighted by molar-refractivity contribution is 0.0525. The molecule has 0 N–H and O–H groups in total. The minimum Gasteiger partial charge on any atom is -0.462 e. The Bertz CT molecular complexity index is 452. The van der Waals surface area contributed by atoms with Gasteiger partial charge in [-0.25, -0.2) is 4.79 Å². The molecule has 0 aliphatic heterocycles. The second-order valence-electron chi connectivity index (χ2n) is 3.93. The summed E-state index contributed by atoms with van der Waals surface area (Å²) in [5.41, 5.74) is 1.76. The Morgan fingerprint density at radius 3 is 2.50 bits per heavy atom. The Labute approximate surface area is 112 Å². The lowest BCUT2D eigenvalue weighted by Crippen LogP contribution is -2.14. The quantitative estimate of drug-likeness (QED) is 0.468. The SMILES string of the molecule is CCOC(=O)c1cc(C(=O)C(C)Cl)ccc1CC. The number of hydrogen-bond donors (Lipinski definition) is 0. The summed E-state index contributed by atoms with van der Waals surface area (Å²) in [6.45, 7) is 5.62. The summed E-state index contributed by atoms with van der Waals surface area (Å²) in [6.07, 6.45) is 0.707. The monoisotopic (exact) mass is 268 g/mol. The van der Waals surface area contributed by atoms with Gasteiger partial charge < -0.3 is 4.74 Å². The van der Waals surface area contributed by atoms with Crippen LogP contribution < -0.4 is 0 Å². The molecule has 0 saturated carbocycles. The number of ketones is 1. The van der Waals surface area contributed by atoms with Gasteiger partial charge in [0.1, 0.15) is 0 Å². The molecule has 4 heteroatoms. The Kier molecular flexibility index (Phi) is 5.35. The number of ether oxygens (including phenoxy) is 1. The van der Waals surface area contributed by atoms with Crippen LogP contribution in [0.15, 0.2) is 18.2 Å². The number of rotatable bonds is 5. The van der Waals surface area contributed by atoms with Gasteiger partial charge in [-0.3, -0.25) is 4.79 Å². The van der Waals surface area contributed by atoms with Gasteiger partial charge in [-0.05, 0) is 31.9 Å². The average Bonchev–Trinajstić information content (AvgIpc) is 2.37. The minimum absolute atomic E-state index is 0.190. The van der Waals surface area contributed by atoms with Gasteiger partial charge in [-0.2, -0.15) is 0 Å². The van der Waals surface area contributed by atoms with Crippen molar-refractivity contribution in [3.05, 3.63) is 34.9 Å². The number of aryl methyl sites for hydroxylation is 1. The van der Waals surface area contributed by atoms with Gasteiger partial charge >= 0.3 is 5.97 Å². The molecule has 1 rings (SSSR count). The van der Waals surface area contributed by atoms with Crippen molar-refractivity contribution < 1.29 is 14.3 Å². The van der Waals surface area contributed by atoms with E-state index in [4.69, 9.17) is 16.3 Å². The summed E-state index contributed by atoms with van der Waals surface area (Å²) in [6, 6.07) is 5.04. The minimum atomic E-state index is -0.604. The van der Waals surface area contributed by atoms with Crippen molar-refractivity contribution in [3.63, 3.8) is 0 Å². The van der Waals surface area contributed by atoms with E-state index in [9.17, 15) is 9.59 Å². The van der Waals surface area contributed by atoms with Crippen molar-refractivity contribution in [2.75, 3.05) is 6.61 Å². The maximum absolute atomic E-state index is 11.8. The molecule has 1 aromatic rings. The van der Waals surface area contributed by atoms with Gasteiger partial charge in [0.15, 0.2) is 5.78 Å². The second-order valence-corrected chi connectivity index (χ2v) is 4.58. The maximum atomic E-state index is 11.8. The third kappa shape index (κ3) is 3.33. The van der Waals surface area contributed by atoms with Crippen LogP contribution in [0.4, 0.5) is 0 Å². The second kappa shape index (κ2) is 6.55. The van der Waals surface area contributed by atoms with Crippen LogP contribution in [-0.2, 0) is 11.2 Å². The standard InChI is InChI=1S/C14H17ClO3/c1-4-10-6-7-11(13(16)9(3)15)8-12(10)14(17)18-5-2/h6-9H,4-5H2,1-3H3. The van der Waals surface area contributed by atoms with Gasteiger partial charge in [-0.15, -0.1) is 11.6 Å². The first-order valence-electron chi connectivity index (χ1n) is 5.99. The highest BCUT2D eigenvalue weighted by Crippen LogP contribution is 2.17. The van der Waals surface area contributed by atoms with Crippen molar-refractivity contribution >= 4 is 23.4 Å². The highest BCUT2D eigenvalue weighted by molar-refractivity contribution is 6.33. The topological polar surface area (TPSA) is 43.4 Å². The van der Waals surface area contributed by atoms with Gasteiger partial charge in [-0.1, -0.05) is 19.1 Å². The maximum Gasteiger partial charge on any atom is 0.338 e. The molecule has 0 aliphatic rings. The zero-order valence-corrected chi connectivity index (χ0v) is 11.6. The molecule has 1 aromatic carbocycles. The van der Waals surface area contributed by atoms with E-state index in [2.05, 4.69) is 0 Å². The summed E-state index contributed by atoms with van der Waals surface area (Å²) < 4.78 is 4.98. The zero-order valence-electron chi connectivity index (χ0n) is 10.8. The van der Waals surface area contributed by atoms with E-state index < -0.39 is 11.3 Å². The van der Waals surface area contributed by atoms with Crippen molar-refractivity contribution in [1.82, 2.24) is 0 Å². The molecule has 18 heavy (non-hydrogen) atoms. The summed E-state index contributed by atoms with van der Waals surface area (Å²) in [4.78, 5) is 23.6. The number of alkyl halides is 1. The molecule has 1 unspecified atom stereocenters. The summed E-state index contributed by atoms with van der Waals surface area (Å²) in [7, 11) is 0. The summed E-state index contributed by atoms with van der Waals surface area (Å²) >= 11 is 5.76. The molecule has 0 aliphatic carbocycles. The van der Waals surface area contributed by atoms with E-state index >= 15 is 0 Å². The van der Waals surface area contributed by atoms with Crippen molar-refractivity contribution in [3.8, 4) is 0 Å². The first kappa shape index (κ1) is 14.7. The lowest BCUT2D eigenvalue weighted by Gasteiger charge is -2.10. The van der Waals surface area contributed by atoms with Gasteiger partial charge in [0.2, 0.25) is 0 Å². The molecule has 3 nitrogen and oxygen atoms in total. The molecule has 1 atom stereocenters. The largest absolute Gasteiger partial charge is 0.462 e. The molecule has 0 bridgehead atoms. The smallest absolute Gasteiger partial charge is 0.338 e. The van der Waals surface area contributed by atoms with Crippen LogP contribution in [0.3, 0.4) is 0 Å². The highest BCUT2D eigenvalue weighted by atomic mass is 35.5. The Hall–Kier alpha value is -1.35. The number of benzene rings is 1. The molecule has 0 radical (unpaired) electrons. The average molecular weight is 269 g/mol. The van der Waals surface area contributed by atoms with Gasteiger partial charge in [0, 0.05) is 5.56 Å². The van der Waals surface area contributed by atoms with E-state index in [1.54, 1.807) is 32.0 Å². The van der Waals surface area contributed by atoms with E-state index in [0.29, 0.717) is 24.2 Å². The summed E-state index contributed by atoms with van der Waals surface area (Å²) in [5, 5.41) is -0.604. The van der Waals surface area contributed by atoms with Gasteiger partial charge in [0.25, 0.3) is 0 Å². The predicted molar refractivity (Wildman–Crippen MR) is 71.4 cm³/mol. The number of halogens is 1. The number of Topliss-reactive ketones (excluding diaryl/α,β-unsaturated/α-hetero) is 1. The molecular weight excluding hydrogens is 252 g/mol. The molecule has 0 heterocycles. The molecule has 0 spiro atoms. The Balaban J connectivity index is 3.17. The molecule has 0 fully saturated rings. The number of hydrogen-bond acceptors (Lipinski definition) is 3. The first-order chi connectivity index (χ1) is 8.51. The predicted octanol–water partition coefficient (Wildman–Crippen LogP) is 3.24. The van der Waals surface area contributed by atoms with Crippen molar-refractivity contribution in [2.24, 2.45) is 0 Å².